The topological polar surface area (TPSA) is 41.9 Å². The van der Waals surface area contributed by atoms with Crippen molar-refractivity contribution in [2.75, 3.05) is 18.9 Å². The molecule has 0 aromatic heterocycles. The van der Waals surface area contributed by atoms with E-state index in [1.807, 2.05) is 48.5 Å². The fraction of sp³-hybridized carbons (Fsp3) is 0.222. The fourth-order valence-corrected chi connectivity index (χ4v) is 3.41. The first-order chi connectivity index (χ1) is 11.7. The van der Waals surface area contributed by atoms with Crippen LogP contribution in [0.25, 0.3) is 0 Å². The van der Waals surface area contributed by atoms with E-state index < -0.39 is 0 Å². The predicted octanol–water partition coefficient (Wildman–Crippen LogP) is 4.37. The minimum Gasteiger partial charge on any atom is -0.484 e. The molecule has 0 saturated carbocycles. The minimum atomic E-state index is -0.100. The van der Waals surface area contributed by atoms with Crippen LogP contribution in [-0.4, -0.2) is 34.9 Å². The van der Waals surface area contributed by atoms with E-state index in [-0.39, 0.29) is 12.5 Å². The number of carbonyl (C=O) groups is 1. The molecule has 3 rings (SSSR count). The van der Waals surface area contributed by atoms with Crippen LogP contribution in [0.4, 0.5) is 5.69 Å². The second kappa shape index (κ2) is 8.22. The first-order valence-electron chi connectivity index (χ1n) is 7.68. The lowest BCUT2D eigenvalue weighted by Gasteiger charge is -2.27. The molecule has 0 radical (unpaired) electrons. The van der Waals surface area contributed by atoms with Crippen molar-refractivity contribution >= 4 is 40.1 Å². The van der Waals surface area contributed by atoms with E-state index in [4.69, 9.17) is 16.3 Å². The number of nitrogens with zero attached hydrogens (tertiary/aromatic N) is 2. The van der Waals surface area contributed by atoms with E-state index in [0.717, 1.165) is 12.2 Å². The Balaban J connectivity index is 1.72. The first-order valence-corrected chi connectivity index (χ1v) is 9.04. The molecule has 0 atom stereocenters. The third-order valence-electron chi connectivity index (χ3n) is 3.46. The molecule has 1 heterocycles. The zero-order valence-corrected chi connectivity index (χ0v) is 14.6. The fourth-order valence-electron chi connectivity index (χ4n) is 2.27. The van der Waals surface area contributed by atoms with Gasteiger partial charge in [0.1, 0.15) is 5.75 Å². The number of hydrogen-bond donors (Lipinski definition) is 0. The number of hydrogen-bond acceptors (Lipinski definition) is 4. The van der Waals surface area contributed by atoms with Gasteiger partial charge in [-0.2, -0.15) is 0 Å². The Hall–Kier alpha value is -1.98. The standard InChI is InChI=1S/C18H17ClN2O2S/c19-15-9-4-5-10-16(15)20-18-21(11-6-12-24-18)17(22)13-23-14-7-2-1-3-8-14/h1-5,7-10H,6,11-13H2. The molecule has 0 bridgehead atoms. The second-order valence-corrected chi connectivity index (χ2v) is 6.66. The van der Waals surface area contributed by atoms with Gasteiger partial charge in [-0.1, -0.05) is 53.7 Å². The maximum atomic E-state index is 12.5. The Morgan fingerprint density at radius 2 is 1.92 bits per heavy atom. The van der Waals surface area contributed by atoms with Crippen LogP contribution < -0.4 is 4.74 Å². The van der Waals surface area contributed by atoms with Crippen molar-refractivity contribution in [3.63, 3.8) is 0 Å². The molecule has 1 saturated heterocycles. The number of carbonyl (C=O) groups excluding carboxylic acids is 1. The van der Waals surface area contributed by atoms with Gasteiger partial charge in [-0.25, -0.2) is 4.99 Å². The quantitative estimate of drug-likeness (QED) is 0.812. The molecule has 124 valence electrons. The Bertz CT molecular complexity index is 737. The zero-order valence-electron chi connectivity index (χ0n) is 13.0. The summed E-state index contributed by atoms with van der Waals surface area (Å²) < 4.78 is 5.56. The molecule has 0 spiro atoms. The molecule has 24 heavy (non-hydrogen) atoms. The molecule has 1 aliphatic rings. The summed E-state index contributed by atoms with van der Waals surface area (Å²) >= 11 is 7.73. The summed E-state index contributed by atoms with van der Waals surface area (Å²) in [5, 5.41) is 1.25. The molecule has 2 aromatic rings. The van der Waals surface area contributed by atoms with Crippen LogP contribution in [0.5, 0.6) is 5.75 Å². The number of thioether (sulfide) groups is 1. The minimum absolute atomic E-state index is 0.00782. The SMILES string of the molecule is O=C(COc1ccccc1)N1CCCSC1=Nc1ccccc1Cl. The molecule has 6 heteroatoms. The number of rotatable bonds is 4. The largest absolute Gasteiger partial charge is 0.484 e. The molecule has 1 amide bonds. The lowest BCUT2D eigenvalue weighted by atomic mass is 10.3. The highest BCUT2D eigenvalue weighted by molar-refractivity contribution is 8.13. The number of amides is 1. The zero-order chi connectivity index (χ0) is 16.8. The van der Waals surface area contributed by atoms with Crippen LogP contribution in [0.3, 0.4) is 0 Å². The van der Waals surface area contributed by atoms with Gasteiger partial charge in [0.25, 0.3) is 5.91 Å². The summed E-state index contributed by atoms with van der Waals surface area (Å²) in [4.78, 5) is 18.8. The van der Waals surface area contributed by atoms with Gasteiger partial charge in [-0.3, -0.25) is 9.69 Å². The van der Waals surface area contributed by atoms with E-state index >= 15 is 0 Å². The van der Waals surface area contributed by atoms with Gasteiger partial charge in [0.05, 0.1) is 10.7 Å². The van der Waals surface area contributed by atoms with Crippen molar-refractivity contribution < 1.29 is 9.53 Å². The summed E-state index contributed by atoms with van der Waals surface area (Å²) in [7, 11) is 0. The van der Waals surface area contributed by atoms with Crippen LogP contribution in [0, 0.1) is 0 Å². The van der Waals surface area contributed by atoms with Crippen LogP contribution >= 0.6 is 23.4 Å². The summed E-state index contributed by atoms with van der Waals surface area (Å²) in [5.74, 6) is 1.52. The summed E-state index contributed by atoms with van der Waals surface area (Å²) in [6, 6.07) is 16.7. The van der Waals surface area contributed by atoms with E-state index in [9.17, 15) is 4.79 Å². The molecular weight excluding hydrogens is 344 g/mol. The maximum Gasteiger partial charge on any atom is 0.266 e. The lowest BCUT2D eigenvalue weighted by Crippen LogP contribution is -2.41. The molecule has 2 aromatic carbocycles. The van der Waals surface area contributed by atoms with E-state index in [2.05, 4.69) is 4.99 Å². The van der Waals surface area contributed by atoms with E-state index in [0.29, 0.717) is 28.2 Å². The van der Waals surface area contributed by atoms with Crippen molar-refractivity contribution in [2.45, 2.75) is 6.42 Å². The Morgan fingerprint density at radius 3 is 2.71 bits per heavy atom. The van der Waals surface area contributed by atoms with Crippen molar-refractivity contribution in [1.29, 1.82) is 0 Å². The van der Waals surface area contributed by atoms with Gasteiger partial charge < -0.3 is 4.74 Å². The second-order valence-electron chi connectivity index (χ2n) is 5.19. The van der Waals surface area contributed by atoms with Crippen LogP contribution in [0.1, 0.15) is 6.42 Å². The van der Waals surface area contributed by atoms with Gasteiger partial charge in [0.15, 0.2) is 11.8 Å². The van der Waals surface area contributed by atoms with Crippen LogP contribution in [-0.2, 0) is 4.79 Å². The van der Waals surface area contributed by atoms with Crippen molar-refractivity contribution in [1.82, 2.24) is 4.90 Å². The highest BCUT2D eigenvalue weighted by atomic mass is 35.5. The van der Waals surface area contributed by atoms with Gasteiger partial charge in [-0.15, -0.1) is 0 Å². The van der Waals surface area contributed by atoms with Gasteiger partial charge in [-0.05, 0) is 30.7 Å². The van der Waals surface area contributed by atoms with E-state index in [1.165, 1.54) is 0 Å². The monoisotopic (exact) mass is 360 g/mol. The number of amidine groups is 1. The lowest BCUT2D eigenvalue weighted by molar-refractivity contribution is -0.129. The Kier molecular flexibility index (Phi) is 5.77. The van der Waals surface area contributed by atoms with Crippen LogP contribution in [0.2, 0.25) is 5.02 Å². The predicted molar refractivity (Wildman–Crippen MR) is 99.3 cm³/mol. The molecular formula is C18H17ClN2O2S. The molecule has 1 aliphatic heterocycles. The van der Waals surface area contributed by atoms with Crippen molar-refractivity contribution in [3.05, 3.63) is 59.6 Å². The summed E-state index contributed by atoms with van der Waals surface area (Å²) in [5.41, 5.74) is 0.672. The molecule has 0 aliphatic carbocycles. The molecule has 0 unspecified atom stereocenters. The van der Waals surface area contributed by atoms with Gasteiger partial charge >= 0.3 is 0 Å². The number of para-hydroxylation sites is 2. The van der Waals surface area contributed by atoms with Gasteiger partial charge in [0.2, 0.25) is 0 Å². The average molecular weight is 361 g/mol. The maximum absolute atomic E-state index is 12.5. The summed E-state index contributed by atoms with van der Waals surface area (Å²) in [6.07, 6.45) is 0.934. The van der Waals surface area contributed by atoms with Crippen molar-refractivity contribution in [2.24, 2.45) is 4.99 Å². The van der Waals surface area contributed by atoms with Gasteiger partial charge in [0, 0.05) is 12.3 Å². The molecule has 4 nitrogen and oxygen atoms in total. The number of benzene rings is 2. The third kappa shape index (κ3) is 4.30. The Labute approximate surface area is 150 Å². The highest BCUT2D eigenvalue weighted by Gasteiger charge is 2.24. The molecule has 1 fully saturated rings. The normalized spacial score (nSPS) is 16.2. The third-order valence-corrected chi connectivity index (χ3v) is 4.85. The molecule has 0 N–H and O–H groups in total. The van der Waals surface area contributed by atoms with E-state index in [1.54, 1.807) is 22.7 Å². The highest BCUT2D eigenvalue weighted by Crippen LogP contribution is 2.28. The van der Waals surface area contributed by atoms with Crippen LogP contribution in [0.15, 0.2) is 59.6 Å². The average Bonchev–Trinajstić information content (AvgIpc) is 2.63. The number of ether oxygens (including phenoxy) is 1. The number of halogens is 1. The Morgan fingerprint density at radius 1 is 1.17 bits per heavy atom. The number of aliphatic imine (C=N–C) groups is 1. The summed E-state index contributed by atoms with van der Waals surface area (Å²) in [6.45, 7) is 0.638. The van der Waals surface area contributed by atoms with Crippen molar-refractivity contribution in [3.8, 4) is 5.75 Å². The first kappa shape index (κ1) is 16.9. The smallest absolute Gasteiger partial charge is 0.266 e.